The molecule has 1 aliphatic heterocycles. The summed E-state index contributed by atoms with van der Waals surface area (Å²) in [6.45, 7) is 8.35. The molecule has 1 heterocycles. The molecule has 0 aromatic carbocycles. The molecule has 3 fully saturated rings. The second-order valence-corrected chi connectivity index (χ2v) is 7.71. The lowest BCUT2D eigenvalue weighted by atomic mass is 9.68. The van der Waals surface area contributed by atoms with E-state index in [1.165, 1.54) is 0 Å². The Hall–Kier alpha value is -0.860. The number of hydrogen-bond acceptors (Lipinski definition) is 3. The summed E-state index contributed by atoms with van der Waals surface area (Å²) in [6, 6.07) is 0. The summed E-state index contributed by atoms with van der Waals surface area (Å²) < 4.78 is 5.57. The molecule has 0 spiro atoms. The van der Waals surface area contributed by atoms with Gasteiger partial charge in [-0.15, -0.1) is 0 Å². The molecule has 5 atom stereocenters. The molecule has 3 rings (SSSR count). The summed E-state index contributed by atoms with van der Waals surface area (Å²) in [6.07, 6.45) is 3.47. The SMILES string of the molecule is CCC(C)(C)C(=O)CC1C2OC(=O)C3CC1(C)CC32. The summed E-state index contributed by atoms with van der Waals surface area (Å²) in [7, 11) is 0. The first-order valence-corrected chi connectivity index (χ1v) is 7.52. The van der Waals surface area contributed by atoms with Crippen LogP contribution in [0.5, 0.6) is 0 Å². The minimum atomic E-state index is -0.250. The summed E-state index contributed by atoms with van der Waals surface area (Å²) in [4.78, 5) is 24.3. The van der Waals surface area contributed by atoms with Crippen LogP contribution >= 0.6 is 0 Å². The number of Topliss-reactive ketones (excluding diaryl/α,β-unsaturated/α-hetero) is 1. The van der Waals surface area contributed by atoms with Gasteiger partial charge < -0.3 is 4.74 Å². The Bertz CT molecular complexity index is 439. The first kappa shape index (κ1) is 13.1. The molecule has 0 N–H and O–H groups in total. The fraction of sp³-hybridized carbons (Fsp3) is 0.875. The van der Waals surface area contributed by atoms with E-state index in [1.807, 2.05) is 13.8 Å². The van der Waals surface area contributed by atoms with Crippen molar-refractivity contribution in [3.8, 4) is 0 Å². The molecule has 0 aromatic heterocycles. The molecule has 5 unspecified atom stereocenters. The van der Waals surface area contributed by atoms with Gasteiger partial charge in [-0.3, -0.25) is 9.59 Å². The van der Waals surface area contributed by atoms with E-state index in [2.05, 4.69) is 13.8 Å². The number of ether oxygens (including phenoxy) is 1. The van der Waals surface area contributed by atoms with Crippen molar-refractivity contribution in [1.29, 1.82) is 0 Å². The van der Waals surface area contributed by atoms with Gasteiger partial charge in [0.25, 0.3) is 0 Å². The molecule has 3 aliphatic rings. The molecule has 0 aromatic rings. The van der Waals surface area contributed by atoms with Gasteiger partial charge in [0, 0.05) is 23.7 Å². The maximum absolute atomic E-state index is 12.5. The Balaban J connectivity index is 1.80. The number of rotatable bonds is 4. The van der Waals surface area contributed by atoms with Gasteiger partial charge in [0.15, 0.2) is 0 Å². The smallest absolute Gasteiger partial charge is 0.309 e. The average molecular weight is 264 g/mol. The molecular formula is C16H24O3. The quantitative estimate of drug-likeness (QED) is 0.733. The molecule has 0 amide bonds. The lowest BCUT2D eigenvalue weighted by Gasteiger charge is -2.34. The van der Waals surface area contributed by atoms with Gasteiger partial charge in [0.05, 0.1) is 5.92 Å². The van der Waals surface area contributed by atoms with Crippen molar-refractivity contribution in [2.24, 2.45) is 28.6 Å². The van der Waals surface area contributed by atoms with E-state index in [-0.39, 0.29) is 34.7 Å². The molecule has 19 heavy (non-hydrogen) atoms. The van der Waals surface area contributed by atoms with Gasteiger partial charge in [-0.1, -0.05) is 27.7 Å². The van der Waals surface area contributed by atoms with E-state index in [1.54, 1.807) is 0 Å². The van der Waals surface area contributed by atoms with E-state index >= 15 is 0 Å². The van der Waals surface area contributed by atoms with Crippen LogP contribution in [0.2, 0.25) is 0 Å². The molecule has 2 aliphatic carbocycles. The minimum Gasteiger partial charge on any atom is -0.461 e. The molecule has 2 saturated carbocycles. The van der Waals surface area contributed by atoms with Crippen LogP contribution in [0.3, 0.4) is 0 Å². The Morgan fingerprint density at radius 3 is 2.74 bits per heavy atom. The molecule has 3 nitrogen and oxygen atoms in total. The number of fused-ring (bicyclic) bond motifs is 1. The summed E-state index contributed by atoms with van der Waals surface area (Å²) >= 11 is 0. The zero-order valence-corrected chi connectivity index (χ0v) is 12.4. The number of ketones is 1. The summed E-state index contributed by atoms with van der Waals surface area (Å²) in [5, 5.41) is 0. The van der Waals surface area contributed by atoms with Crippen LogP contribution in [0.25, 0.3) is 0 Å². The average Bonchev–Trinajstić information content (AvgIpc) is 2.89. The van der Waals surface area contributed by atoms with Gasteiger partial charge in [-0.2, -0.15) is 0 Å². The van der Waals surface area contributed by atoms with E-state index in [4.69, 9.17) is 4.74 Å². The van der Waals surface area contributed by atoms with Gasteiger partial charge in [-0.25, -0.2) is 0 Å². The van der Waals surface area contributed by atoms with Gasteiger partial charge in [0.1, 0.15) is 11.9 Å². The van der Waals surface area contributed by atoms with Crippen LogP contribution in [0, 0.1) is 28.6 Å². The Labute approximate surface area is 115 Å². The van der Waals surface area contributed by atoms with Crippen LogP contribution in [0.4, 0.5) is 0 Å². The lowest BCUT2D eigenvalue weighted by molar-refractivity contribution is -0.145. The highest BCUT2D eigenvalue weighted by Crippen LogP contribution is 2.65. The number of carbonyl (C=O) groups excluding carboxylic acids is 2. The van der Waals surface area contributed by atoms with Crippen LogP contribution in [-0.2, 0) is 14.3 Å². The number of esters is 1. The van der Waals surface area contributed by atoms with Crippen molar-refractivity contribution >= 4 is 11.8 Å². The largest absolute Gasteiger partial charge is 0.461 e. The van der Waals surface area contributed by atoms with E-state index < -0.39 is 0 Å². The maximum atomic E-state index is 12.5. The van der Waals surface area contributed by atoms with Crippen molar-refractivity contribution in [2.75, 3.05) is 0 Å². The van der Waals surface area contributed by atoms with Crippen LogP contribution in [-0.4, -0.2) is 17.9 Å². The van der Waals surface area contributed by atoms with Gasteiger partial charge in [-0.05, 0) is 24.7 Å². The van der Waals surface area contributed by atoms with E-state index in [0.717, 1.165) is 19.3 Å². The third-order valence-electron chi connectivity index (χ3n) is 6.22. The van der Waals surface area contributed by atoms with Crippen LogP contribution < -0.4 is 0 Å². The zero-order valence-electron chi connectivity index (χ0n) is 12.4. The third kappa shape index (κ3) is 1.70. The molecule has 3 heteroatoms. The predicted octanol–water partition coefficient (Wildman–Crippen LogP) is 2.97. The third-order valence-corrected chi connectivity index (χ3v) is 6.22. The van der Waals surface area contributed by atoms with Crippen LogP contribution in [0.15, 0.2) is 0 Å². The number of hydrogen-bond donors (Lipinski definition) is 0. The highest BCUT2D eigenvalue weighted by Gasteiger charge is 2.67. The molecule has 0 radical (unpaired) electrons. The highest BCUT2D eigenvalue weighted by atomic mass is 16.6. The number of carbonyl (C=O) groups is 2. The standard InChI is InChI=1S/C16H24O3/c1-5-15(2,3)12(17)6-11-13-9-7-16(11,4)8-10(9)14(18)19-13/h9-11,13H,5-8H2,1-4H3. The van der Waals surface area contributed by atoms with Gasteiger partial charge >= 0.3 is 5.97 Å². The monoisotopic (exact) mass is 264 g/mol. The van der Waals surface area contributed by atoms with Crippen molar-refractivity contribution < 1.29 is 14.3 Å². The lowest BCUT2D eigenvalue weighted by Crippen LogP contribution is -2.37. The topological polar surface area (TPSA) is 43.4 Å². The summed E-state index contributed by atoms with van der Waals surface area (Å²) in [5.41, 5.74) is -0.105. The first-order chi connectivity index (χ1) is 8.78. The van der Waals surface area contributed by atoms with Crippen molar-refractivity contribution in [3.05, 3.63) is 0 Å². The van der Waals surface area contributed by atoms with Crippen molar-refractivity contribution in [2.45, 2.75) is 59.5 Å². The highest BCUT2D eigenvalue weighted by molar-refractivity contribution is 5.85. The van der Waals surface area contributed by atoms with E-state index in [9.17, 15) is 9.59 Å². The molecular weight excluding hydrogens is 240 g/mol. The Morgan fingerprint density at radius 2 is 2.11 bits per heavy atom. The second-order valence-electron chi connectivity index (χ2n) is 7.71. The Morgan fingerprint density at radius 1 is 1.42 bits per heavy atom. The molecule has 1 saturated heterocycles. The van der Waals surface area contributed by atoms with E-state index in [0.29, 0.717) is 18.1 Å². The second kappa shape index (κ2) is 3.83. The first-order valence-electron chi connectivity index (χ1n) is 7.52. The summed E-state index contributed by atoms with van der Waals surface area (Å²) in [5.74, 6) is 1.08. The maximum Gasteiger partial charge on any atom is 0.309 e. The Kier molecular flexibility index (Phi) is 2.65. The zero-order chi connectivity index (χ0) is 14.0. The van der Waals surface area contributed by atoms with Crippen LogP contribution in [0.1, 0.15) is 53.4 Å². The normalized spacial score (nSPS) is 43.7. The fourth-order valence-electron chi connectivity index (χ4n) is 4.45. The minimum absolute atomic E-state index is 0.0107. The predicted molar refractivity (Wildman–Crippen MR) is 71.4 cm³/mol. The molecule has 2 bridgehead atoms. The van der Waals surface area contributed by atoms with Gasteiger partial charge in [0.2, 0.25) is 0 Å². The van der Waals surface area contributed by atoms with Crippen molar-refractivity contribution in [1.82, 2.24) is 0 Å². The van der Waals surface area contributed by atoms with Crippen molar-refractivity contribution in [3.63, 3.8) is 0 Å². The molecule has 106 valence electrons. The fourth-order valence-corrected chi connectivity index (χ4v) is 4.45.